The second kappa shape index (κ2) is 3.69. The van der Waals surface area contributed by atoms with Crippen LogP contribution in [0.25, 0.3) is 0 Å². The molecule has 2 rings (SSSR count). The molecule has 0 saturated heterocycles. The molecule has 0 heterocycles. The molecule has 1 aromatic carbocycles. The number of benzene rings is 1. The summed E-state index contributed by atoms with van der Waals surface area (Å²) in [5.41, 5.74) is 5.70. The van der Waals surface area contributed by atoms with Crippen LogP contribution in [0.3, 0.4) is 0 Å². The van der Waals surface area contributed by atoms with Gasteiger partial charge < -0.3 is 5.73 Å². The van der Waals surface area contributed by atoms with Crippen LogP contribution in [0.2, 0.25) is 10.0 Å². The topological polar surface area (TPSA) is 43.1 Å². The Morgan fingerprint density at radius 2 is 2.00 bits per heavy atom. The van der Waals surface area contributed by atoms with Crippen molar-refractivity contribution in [2.45, 2.75) is 24.7 Å². The van der Waals surface area contributed by atoms with Gasteiger partial charge in [0.1, 0.15) is 0 Å². The molecule has 15 heavy (non-hydrogen) atoms. The predicted molar refractivity (Wildman–Crippen MR) is 61.2 cm³/mol. The lowest BCUT2D eigenvalue weighted by atomic mass is 9.64. The molecule has 1 aromatic rings. The van der Waals surface area contributed by atoms with Gasteiger partial charge in [0.25, 0.3) is 0 Å². The summed E-state index contributed by atoms with van der Waals surface area (Å²) in [6.45, 7) is 0. The van der Waals surface area contributed by atoms with E-state index in [2.05, 4.69) is 0 Å². The van der Waals surface area contributed by atoms with Crippen LogP contribution >= 0.6 is 23.2 Å². The molecule has 1 amide bonds. The van der Waals surface area contributed by atoms with Gasteiger partial charge in [-0.15, -0.1) is 0 Å². The number of primary amides is 1. The average molecular weight is 244 g/mol. The monoisotopic (exact) mass is 243 g/mol. The van der Waals surface area contributed by atoms with Crippen molar-refractivity contribution < 1.29 is 4.79 Å². The van der Waals surface area contributed by atoms with E-state index in [4.69, 9.17) is 28.9 Å². The maximum absolute atomic E-state index is 11.5. The third-order valence-corrected chi connectivity index (χ3v) is 3.67. The SMILES string of the molecule is NC(=O)C1(c2ccc(Cl)cc2Cl)CCC1. The van der Waals surface area contributed by atoms with Gasteiger partial charge in [0.15, 0.2) is 0 Å². The molecule has 1 aliphatic carbocycles. The third-order valence-electron chi connectivity index (χ3n) is 3.13. The van der Waals surface area contributed by atoms with Crippen molar-refractivity contribution in [3.8, 4) is 0 Å². The van der Waals surface area contributed by atoms with Crippen molar-refractivity contribution in [1.29, 1.82) is 0 Å². The first kappa shape index (κ1) is 10.8. The Bertz CT molecular complexity index is 413. The van der Waals surface area contributed by atoms with E-state index in [-0.39, 0.29) is 5.91 Å². The summed E-state index contributed by atoms with van der Waals surface area (Å²) in [5.74, 6) is -0.294. The fourth-order valence-corrected chi connectivity index (χ4v) is 2.65. The van der Waals surface area contributed by atoms with Crippen LogP contribution in [-0.2, 0) is 10.2 Å². The molecule has 2 nitrogen and oxygen atoms in total. The van der Waals surface area contributed by atoms with E-state index >= 15 is 0 Å². The summed E-state index contributed by atoms with van der Waals surface area (Å²) < 4.78 is 0. The third kappa shape index (κ3) is 1.62. The minimum Gasteiger partial charge on any atom is -0.369 e. The zero-order valence-electron chi connectivity index (χ0n) is 8.09. The Kier molecular flexibility index (Phi) is 2.65. The molecule has 1 fully saturated rings. The molecule has 1 aliphatic rings. The van der Waals surface area contributed by atoms with Crippen LogP contribution in [0.1, 0.15) is 24.8 Å². The Hall–Kier alpha value is -0.730. The van der Waals surface area contributed by atoms with Gasteiger partial charge >= 0.3 is 0 Å². The van der Waals surface area contributed by atoms with Crippen molar-refractivity contribution in [1.82, 2.24) is 0 Å². The Labute approximate surface area is 98.4 Å². The molecule has 0 bridgehead atoms. The van der Waals surface area contributed by atoms with E-state index in [1.807, 2.05) is 0 Å². The lowest BCUT2D eigenvalue weighted by Crippen LogP contribution is -2.46. The lowest BCUT2D eigenvalue weighted by molar-refractivity contribution is -0.126. The highest BCUT2D eigenvalue weighted by molar-refractivity contribution is 6.35. The van der Waals surface area contributed by atoms with Gasteiger partial charge in [-0.3, -0.25) is 4.79 Å². The minimum absolute atomic E-state index is 0.294. The van der Waals surface area contributed by atoms with Gasteiger partial charge in [-0.25, -0.2) is 0 Å². The minimum atomic E-state index is -0.554. The van der Waals surface area contributed by atoms with E-state index in [1.165, 1.54) is 0 Å². The quantitative estimate of drug-likeness (QED) is 0.853. The highest BCUT2D eigenvalue weighted by Crippen LogP contribution is 2.46. The van der Waals surface area contributed by atoms with Crippen LogP contribution in [0.5, 0.6) is 0 Å². The van der Waals surface area contributed by atoms with Crippen LogP contribution in [-0.4, -0.2) is 5.91 Å². The van der Waals surface area contributed by atoms with Gasteiger partial charge in [0.05, 0.1) is 5.41 Å². The first-order valence-corrected chi connectivity index (χ1v) is 5.57. The zero-order valence-corrected chi connectivity index (χ0v) is 9.61. The molecule has 0 radical (unpaired) electrons. The molecular formula is C11H11Cl2NO. The van der Waals surface area contributed by atoms with Crippen LogP contribution < -0.4 is 5.73 Å². The number of hydrogen-bond donors (Lipinski definition) is 1. The number of rotatable bonds is 2. The Morgan fingerprint density at radius 3 is 2.40 bits per heavy atom. The van der Waals surface area contributed by atoms with Crippen molar-refractivity contribution in [3.63, 3.8) is 0 Å². The first-order valence-electron chi connectivity index (χ1n) is 4.82. The highest BCUT2D eigenvalue weighted by Gasteiger charge is 2.45. The fraction of sp³-hybridized carbons (Fsp3) is 0.364. The van der Waals surface area contributed by atoms with Gasteiger partial charge in [0.2, 0.25) is 5.91 Å². The maximum atomic E-state index is 11.5. The average Bonchev–Trinajstić information content (AvgIpc) is 2.05. The van der Waals surface area contributed by atoms with Gasteiger partial charge in [0, 0.05) is 10.0 Å². The summed E-state index contributed by atoms with van der Waals surface area (Å²) in [6, 6.07) is 5.20. The largest absolute Gasteiger partial charge is 0.369 e. The van der Waals surface area contributed by atoms with Crippen molar-refractivity contribution in [2.75, 3.05) is 0 Å². The molecule has 80 valence electrons. The summed E-state index contributed by atoms with van der Waals surface area (Å²) >= 11 is 11.9. The Balaban J connectivity index is 2.48. The fourth-order valence-electron chi connectivity index (χ4n) is 2.06. The van der Waals surface area contributed by atoms with E-state index in [1.54, 1.807) is 18.2 Å². The van der Waals surface area contributed by atoms with Gasteiger partial charge in [-0.05, 0) is 30.5 Å². The molecule has 0 spiro atoms. The highest BCUT2D eigenvalue weighted by atomic mass is 35.5. The van der Waals surface area contributed by atoms with Gasteiger partial charge in [-0.1, -0.05) is 35.7 Å². The summed E-state index contributed by atoms with van der Waals surface area (Å²) in [4.78, 5) is 11.5. The second-order valence-corrected chi connectivity index (χ2v) is 4.77. The second-order valence-electron chi connectivity index (χ2n) is 3.92. The number of nitrogens with two attached hydrogens (primary N) is 1. The van der Waals surface area contributed by atoms with E-state index in [0.717, 1.165) is 24.8 Å². The number of hydrogen-bond acceptors (Lipinski definition) is 1. The predicted octanol–water partition coefficient (Wildman–Crippen LogP) is 2.90. The van der Waals surface area contributed by atoms with E-state index < -0.39 is 5.41 Å². The number of carbonyl (C=O) groups excluding carboxylic acids is 1. The van der Waals surface area contributed by atoms with E-state index in [9.17, 15) is 4.79 Å². The van der Waals surface area contributed by atoms with Crippen LogP contribution in [0.4, 0.5) is 0 Å². The summed E-state index contributed by atoms with van der Waals surface area (Å²) in [6.07, 6.45) is 2.58. The van der Waals surface area contributed by atoms with Crippen molar-refractivity contribution in [2.24, 2.45) is 5.73 Å². The van der Waals surface area contributed by atoms with Crippen LogP contribution in [0.15, 0.2) is 18.2 Å². The normalized spacial score (nSPS) is 18.3. The molecule has 4 heteroatoms. The zero-order chi connectivity index (χ0) is 11.1. The summed E-state index contributed by atoms with van der Waals surface area (Å²) in [5, 5.41) is 1.10. The molecule has 0 unspecified atom stereocenters. The molecule has 0 atom stereocenters. The van der Waals surface area contributed by atoms with Crippen LogP contribution in [0, 0.1) is 0 Å². The van der Waals surface area contributed by atoms with Crippen molar-refractivity contribution in [3.05, 3.63) is 33.8 Å². The number of amides is 1. The lowest BCUT2D eigenvalue weighted by Gasteiger charge is -2.39. The molecule has 2 N–H and O–H groups in total. The summed E-state index contributed by atoms with van der Waals surface area (Å²) in [7, 11) is 0. The maximum Gasteiger partial charge on any atom is 0.228 e. The number of halogens is 2. The smallest absolute Gasteiger partial charge is 0.228 e. The number of carbonyl (C=O) groups is 1. The standard InChI is InChI=1S/C11H11Cl2NO/c12-7-2-3-8(9(13)6-7)11(10(14)15)4-1-5-11/h2-3,6H,1,4-5H2,(H2,14,15). The Morgan fingerprint density at radius 1 is 1.33 bits per heavy atom. The van der Waals surface area contributed by atoms with Crippen molar-refractivity contribution >= 4 is 29.1 Å². The van der Waals surface area contributed by atoms with E-state index in [0.29, 0.717) is 10.0 Å². The molecule has 0 aliphatic heterocycles. The first-order chi connectivity index (χ1) is 7.06. The molecule has 0 aromatic heterocycles. The molecule has 1 saturated carbocycles. The van der Waals surface area contributed by atoms with Gasteiger partial charge in [-0.2, -0.15) is 0 Å². The molecular weight excluding hydrogens is 233 g/mol.